The van der Waals surface area contributed by atoms with Crippen LogP contribution in [0.5, 0.6) is 0 Å². The van der Waals surface area contributed by atoms with Crippen molar-refractivity contribution in [2.75, 3.05) is 24.7 Å². The average molecular weight is 327 g/mol. The molecule has 0 unspecified atom stereocenters. The second-order valence-corrected chi connectivity index (χ2v) is 7.39. The van der Waals surface area contributed by atoms with E-state index in [9.17, 15) is 23.3 Å². The molecule has 8 nitrogen and oxygen atoms in total. The number of nitro benzene ring substituents is 1. The summed E-state index contributed by atoms with van der Waals surface area (Å²) in [6.07, 6.45) is 2.90. The second kappa shape index (κ2) is 5.91. The molecule has 1 amide bonds. The van der Waals surface area contributed by atoms with Crippen LogP contribution < -0.4 is 10.2 Å². The fourth-order valence-electron chi connectivity index (χ4n) is 2.00. The van der Waals surface area contributed by atoms with Crippen LogP contribution in [0.4, 0.5) is 11.4 Å². The van der Waals surface area contributed by atoms with Gasteiger partial charge in [0.2, 0.25) is 5.91 Å². The molecule has 2 rings (SSSR count). The predicted molar refractivity (Wildman–Crippen MR) is 80.6 cm³/mol. The molecule has 0 aromatic heterocycles. The Morgan fingerprint density at radius 2 is 2.09 bits per heavy atom. The maximum Gasteiger partial charge on any atom is 0.293 e. The molecule has 120 valence electrons. The van der Waals surface area contributed by atoms with Crippen LogP contribution in [0, 0.1) is 10.1 Å². The number of benzene rings is 1. The predicted octanol–water partition coefficient (Wildman–Crippen LogP) is 0.713. The summed E-state index contributed by atoms with van der Waals surface area (Å²) in [5, 5.41) is 14.0. The minimum absolute atomic E-state index is 0.0322. The molecule has 1 N–H and O–H groups in total. The van der Waals surface area contributed by atoms with Crippen LogP contribution in [-0.2, 0) is 14.6 Å². The average Bonchev–Trinajstić information content (AvgIpc) is 3.20. The Labute approximate surface area is 128 Å². The number of nitrogens with zero attached hydrogens (tertiary/aromatic N) is 2. The number of carbonyl (C=O) groups excluding carboxylic acids is 1. The fourth-order valence-corrected chi connectivity index (χ4v) is 2.65. The van der Waals surface area contributed by atoms with E-state index in [-0.39, 0.29) is 34.8 Å². The molecule has 22 heavy (non-hydrogen) atoms. The Bertz CT molecular complexity index is 712. The Kier molecular flexibility index (Phi) is 4.36. The van der Waals surface area contributed by atoms with Crippen molar-refractivity contribution >= 4 is 27.1 Å². The normalized spacial score (nSPS) is 14.5. The Morgan fingerprint density at radius 3 is 2.59 bits per heavy atom. The van der Waals surface area contributed by atoms with Crippen molar-refractivity contribution in [1.29, 1.82) is 0 Å². The first kappa shape index (κ1) is 16.2. The van der Waals surface area contributed by atoms with Gasteiger partial charge in [0.15, 0.2) is 9.84 Å². The van der Waals surface area contributed by atoms with E-state index in [2.05, 4.69) is 5.32 Å². The number of anilines is 1. The summed E-state index contributed by atoms with van der Waals surface area (Å²) < 4.78 is 23.0. The van der Waals surface area contributed by atoms with Crippen LogP contribution in [0.25, 0.3) is 0 Å². The van der Waals surface area contributed by atoms with E-state index in [1.54, 1.807) is 7.05 Å². The highest BCUT2D eigenvalue weighted by atomic mass is 32.2. The Hall–Kier alpha value is -2.16. The van der Waals surface area contributed by atoms with Crippen molar-refractivity contribution in [2.45, 2.75) is 23.8 Å². The van der Waals surface area contributed by atoms with Gasteiger partial charge < -0.3 is 10.2 Å². The van der Waals surface area contributed by atoms with Crippen molar-refractivity contribution in [3.05, 3.63) is 28.3 Å². The molecular weight excluding hydrogens is 310 g/mol. The highest BCUT2D eigenvalue weighted by Gasteiger charge is 2.25. The van der Waals surface area contributed by atoms with E-state index in [0.717, 1.165) is 25.2 Å². The summed E-state index contributed by atoms with van der Waals surface area (Å²) >= 11 is 0. The highest BCUT2D eigenvalue weighted by Crippen LogP contribution is 2.30. The minimum Gasteiger partial charge on any atom is -0.360 e. The van der Waals surface area contributed by atoms with Crippen molar-refractivity contribution < 1.29 is 18.1 Å². The Morgan fingerprint density at radius 1 is 1.45 bits per heavy atom. The summed E-state index contributed by atoms with van der Waals surface area (Å²) in [6.45, 7) is -0.0322. The molecule has 1 fully saturated rings. The minimum atomic E-state index is -3.53. The van der Waals surface area contributed by atoms with Crippen LogP contribution >= 0.6 is 0 Å². The fraction of sp³-hybridized carbons (Fsp3) is 0.462. The van der Waals surface area contributed by atoms with E-state index < -0.39 is 14.8 Å². The summed E-state index contributed by atoms with van der Waals surface area (Å²) in [4.78, 5) is 23.6. The van der Waals surface area contributed by atoms with Crippen molar-refractivity contribution in [3.8, 4) is 0 Å². The second-order valence-electron chi connectivity index (χ2n) is 5.38. The van der Waals surface area contributed by atoms with Crippen molar-refractivity contribution in [2.24, 2.45) is 0 Å². The van der Waals surface area contributed by atoms with Gasteiger partial charge in [-0.2, -0.15) is 0 Å². The zero-order valence-corrected chi connectivity index (χ0v) is 13.1. The number of likely N-dealkylation sites (N-methyl/N-ethyl adjacent to an activating group) is 1. The lowest BCUT2D eigenvalue weighted by atomic mass is 10.2. The summed E-state index contributed by atoms with van der Waals surface area (Å²) in [6, 6.07) is 3.87. The lowest BCUT2D eigenvalue weighted by Gasteiger charge is -2.19. The van der Waals surface area contributed by atoms with Crippen LogP contribution in [-0.4, -0.2) is 45.1 Å². The summed E-state index contributed by atoms with van der Waals surface area (Å²) in [7, 11) is -1.98. The van der Waals surface area contributed by atoms with Gasteiger partial charge in [-0.05, 0) is 25.0 Å². The first-order valence-corrected chi connectivity index (χ1v) is 8.56. The quantitative estimate of drug-likeness (QED) is 0.609. The number of carbonyl (C=O) groups is 1. The number of nitrogens with one attached hydrogen (secondary N) is 1. The van der Waals surface area contributed by atoms with E-state index in [1.165, 1.54) is 17.0 Å². The van der Waals surface area contributed by atoms with Crippen molar-refractivity contribution in [3.63, 3.8) is 0 Å². The summed E-state index contributed by atoms with van der Waals surface area (Å²) in [5.41, 5.74) is -0.145. The van der Waals surface area contributed by atoms with E-state index in [4.69, 9.17) is 0 Å². The Balaban J connectivity index is 2.24. The number of hydrogen-bond acceptors (Lipinski definition) is 6. The van der Waals surface area contributed by atoms with Gasteiger partial charge in [0, 0.05) is 25.4 Å². The van der Waals surface area contributed by atoms with Gasteiger partial charge in [0.1, 0.15) is 5.69 Å². The van der Waals surface area contributed by atoms with Gasteiger partial charge in [-0.3, -0.25) is 14.9 Å². The van der Waals surface area contributed by atoms with Gasteiger partial charge in [-0.15, -0.1) is 0 Å². The molecule has 0 atom stereocenters. The van der Waals surface area contributed by atoms with E-state index in [0.29, 0.717) is 0 Å². The number of nitro groups is 1. The summed E-state index contributed by atoms with van der Waals surface area (Å²) in [5.74, 6) is -0.216. The number of rotatable bonds is 6. The molecular formula is C13H17N3O5S. The third-order valence-corrected chi connectivity index (χ3v) is 4.42. The molecule has 1 aliphatic carbocycles. The van der Waals surface area contributed by atoms with Gasteiger partial charge >= 0.3 is 0 Å². The van der Waals surface area contributed by atoms with Gasteiger partial charge in [-0.1, -0.05) is 0 Å². The molecule has 1 aromatic carbocycles. The number of amides is 1. The SMILES string of the molecule is CN(CC(=O)NC1CC1)c1ccc(S(C)(=O)=O)cc1[N+](=O)[O-]. The van der Waals surface area contributed by atoms with E-state index in [1.807, 2.05) is 0 Å². The van der Waals surface area contributed by atoms with Crippen LogP contribution in [0.15, 0.2) is 23.1 Å². The monoisotopic (exact) mass is 327 g/mol. The molecule has 0 spiro atoms. The molecule has 1 aliphatic rings. The third kappa shape index (κ3) is 3.94. The maximum atomic E-state index is 11.8. The third-order valence-electron chi connectivity index (χ3n) is 3.31. The first-order valence-electron chi connectivity index (χ1n) is 6.67. The largest absolute Gasteiger partial charge is 0.360 e. The molecule has 0 radical (unpaired) electrons. The molecule has 0 saturated heterocycles. The highest BCUT2D eigenvalue weighted by molar-refractivity contribution is 7.90. The maximum absolute atomic E-state index is 11.8. The lowest BCUT2D eigenvalue weighted by molar-refractivity contribution is -0.384. The standard InChI is InChI=1S/C13H17N3O5S/c1-15(8-13(17)14-9-3-4-9)11-6-5-10(22(2,20)21)7-12(11)16(18)19/h5-7,9H,3-4,8H2,1-2H3,(H,14,17). The number of hydrogen-bond donors (Lipinski definition) is 1. The molecule has 0 heterocycles. The van der Waals surface area contributed by atoms with E-state index >= 15 is 0 Å². The van der Waals surface area contributed by atoms with Crippen molar-refractivity contribution in [1.82, 2.24) is 5.32 Å². The van der Waals surface area contributed by atoms with Crippen LogP contribution in [0.2, 0.25) is 0 Å². The van der Waals surface area contributed by atoms with Crippen LogP contribution in [0.3, 0.4) is 0 Å². The molecule has 0 bridgehead atoms. The zero-order valence-electron chi connectivity index (χ0n) is 12.3. The van der Waals surface area contributed by atoms with Gasteiger partial charge in [-0.25, -0.2) is 8.42 Å². The zero-order chi connectivity index (χ0) is 16.5. The van der Waals surface area contributed by atoms with Gasteiger partial charge in [0.05, 0.1) is 16.4 Å². The molecule has 1 aromatic rings. The molecule has 1 saturated carbocycles. The molecule has 9 heteroatoms. The number of sulfone groups is 1. The molecule has 0 aliphatic heterocycles. The smallest absolute Gasteiger partial charge is 0.293 e. The van der Waals surface area contributed by atoms with Crippen LogP contribution in [0.1, 0.15) is 12.8 Å². The van der Waals surface area contributed by atoms with Gasteiger partial charge in [0.25, 0.3) is 5.69 Å². The topological polar surface area (TPSA) is 110 Å². The first-order chi connectivity index (χ1) is 10.2. The lowest BCUT2D eigenvalue weighted by Crippen LogP contribution is -2.36.